The van der Waals surface area contributed by atoms with Gasteiger partial charge in [-0.05, 0) is 23.6 Å². The van der Waals surface area contributed by atoms with Crippen LogP contribution in [0, 0.1) is 0 Å². The van der Waals surface area contributed by atoms with Crippen LogP contribution in [0.15, 0.2) is 23.6 Å². The smallest absolute Gasteiger partial charge is 0.324 e. The van der Waals surface area contributed by atoms with Gasteiger partial charge in [0.15, 0.2) is 0 Å². The highest BCUT2D eigenvalue weighted by Crippen LogP contribution is 2.40. The lowest BCUT2D eigenvalue weighted by molar-refractivity contribution is -0.116. The number of fused-ring (bicyclic) bond motifs is 1. The minimum atomic E-state index is -0.0257. The van der Waals surface area contributed by atoms with Gasteiger partial charge in [0.05, 0.1) is 5.69 Å². The number of urea groups is 1. The average Bonchev–Trinajstić information content (AvgIpc) is 3.22. The summed E-state index contributed by atoms with van der Waals surface area (Å²) in [6.45, 7) is 5.62. The van der Waals surface area contributed by atoms with Crippen LogP contribution in [0.4, 0.5) is 16.2 Å². The van der Waals surface area contributed by atoms with Crippen molar-refractivity contribution in [3.05, 3.63) is 39.8 Å². The van der Waals surface area contributed by atoms with Crippen molar-refractivity contribution in [1.82, 2.24) is 9.88 Å². The zero-order valence-electron chi connectivity index (χ0n) is 15.2. The Morgan fingerprint density at radius 3 is 2.73 bits per heavy atom. The Morgan fingerprint density at radius 1 is 1.27 bits per heavy atom. The van der Waals surface area contributed by atoms with Gasteiger partial charge >= 0.3 is 6.03 Å². The molecule has 1 atom stereocenters. The van der Waals surface area contributed by atoms with E-state index in [1.807, 2.05) is 18.2 Å². The van der Waals surface area contributed by atoms with E-state index >= 15 is 0 Å². The molecule has 0 saturated carbocycles. The molecule has 1 aromatic heterocycles. The van der Waals surface area contributed by atoms with Gasteiger partial charge in [-0.25, -0.2) is 9.78 Å². The number of amides is 3. The van der Waals surface area contributed by atoms with Crippen molar-refractivity contribution < 1.29 is 9.59 Å². The third kappa shape index (κ3) is 2.86. The number of aromatic nitrogens is 1. The largest absolute Gasteiger partial charge is 0.326 e. The Morgan fingerprint density at radius 2 is 2.08 bits per heavy atom. The minimum absolute atomic E-state index is 0.00851. The molecule has 3 amide bonds. The zero-order valence-corrected chi connectivity index (χ0v) is 16.0. The van der Waals surface area contributed by atoms with Crippen LogP contribution in [-0.4, -0.2) is 42.0 Å². The first-order valence-electron chi connectivity index (χ1n) is 8.86. The number of anilines is 2. The summed E-state index contributed by atoms with van der Waals surface area (Å²) in [5, 5.41) is 6.03. The Labute approximate surface area is 156 Å². The molecule has 6 nitrogen and oxygen atoms in total. The Balaban J connectivity index is 1.69. The van der Waals surface area contributed by atoms with Crippen molar-refractivity contribution in [2.24, 2.45) is 0 Å². The molecular formula is C19H22N4O2S. The van der Waals surface area contributed by atoms with Gasteiger partial charge in [0, 0.05) is 49.2 Å². The van der Waals surface area contributed by atoms with Crippen LogP contribution >= 0.6 is 11.3 Å². The Bertz CT molecular complexity index is 876. The molecule has 7 heteroatoms. The second kappa shape index (κ2) is 6.39. The molecule has 2 aromatic rings. The molecule has 4 rings (SSSR count). The van der Waals surface area contributed by atoms with Crippen molar-refractivity contribution in [2.75, 3.05) is 30.4 Å². The maximum absolute atomic E-state index is 12.3. The molecular weight excluding hydrogens is 348 g/mol. The lowest BCUT2D eigenvalue weighted by Crippen LogP contribution is -2.30. The molecule has 136 valence electrons. The molecule has 0 bridgehead atoms. The summed E-state index contributed by atoms with van der Waals surface area (Å²) >= 11 is 1.62. The summed E-state index contributed by atoms with van der Waals surface area (Å²) in [5.74, 6) is 0.338. The van der Waals surface area contributed by atoms with Crippen LogP contribution < -0.4 is 10.2 Å². The Kier molecular flexibility index (Phi) is 4.19. The van der Waals surface area contributed by atoms with E-state index in [1.54, 1.807) is 28.2 Å². The average molecular weight is 370 g/mol. The molecule has 3 heterocycles. The fourth-order valence-corrected chi connectivity index (χ4v) is 4.55. The second-order valence-electron chi connectivity index (χ2n) is 7.20. The number of hydrogen-bond acceptors (Lipinski definition) is 4. The summed E-state index contributed by atoms with van der Waals surface area (Å²) < 4.78 is 0. The topological polar surface area (TPSA) is 65.5 Å². The van der Waals surface area contributed by atoms with Gasteiger partial charge in [0.2, 0.25) is 5.91 Å². The van der Waals surface area contributed by atoms with E-state index in [2.05, 4.69) is 24.5 Å². The number of thiazole rings is 1. The summed E-state index contributed by atoms with van der Waals surface area (Å²) in [6, 6.07) is 5.90. The summed E-state index contributed by atoms with van der Waals surface area (Å²) in [4.78, 5) is 32.7. The first kappa shape index (κ1) is 17.0. The van der Waals surface area contributed by atoms with Gasteiger partial charge in [-0.1, -0.05) is 19.9 Å². The fraction of sp³-hybridized carbons (Fsp3) is 0.421. The van der Waals surface area contributed by atoms with Gasteiger partial charge < -0.3 is 10.2 Å². The van der Waals surface area contributed by atoms with Crippen molar-refractivity contribution in [3.63, 3.8) is 0 Å². The third-order valence-electron chi connectivity index (χ3n) is 5.03. The highest BCUT2D eigenvalue weighted by Gasteiger charge is 2.31. The SMILES string of the molecule is CC(C)c1csc(C2CC(=O)Nc3cc(N4CCN(C)C4=O)ccc32)n1. The molecule has 1 N–H and O–H groups in total. The van der Waals surface area contributed by atoms with E-state index in [-0.39, 0.29) is 17.9 Å². The van der Waals surface area contributed by atoms with Gasteiger partial charge in [-0.15, -0.1) is 11.3 Å². The van der Waals surface area contributed by atoms with Crippen LogP contribution in [0.5, 0.6) is 0 Å². The number of carbonyl (C=O) groups is 2. The molecule has 1 fully saturated rings. The van der Waals surface area contributed by atoms with Gasteiger partial charge in [0.25, 0.3) is 0 Å². The fourth-order valence-electron chi connectivity index (χ4n) is 3.45. The highest BCUT2D eigenvalue weighted by atomic mass is 32.1. The van der Waals surface area contributed by atoms with E-state index < -0.39 is 0 Å². The summed E-state index contributed by atoms with van der Waals surface area (Å²) in [7, 11) is 1.80. The van der Waals surface area contributed by atoms with Gasteiger partial charge in [0.1, 0.15) is 5.01 Å². The number of carbonyl (C=O) groups excluding carboxylic acids is 2. The lowest BCUT2D eigenvalue weighted by atomic mass is 9.90. The maximum Gasteiger partial charge on any atom is 0.324 e. The lowest BCUT2D eigenvalue weighted by Gasteiger charge is -2.26. The molecule has 26 heavy (non-hydrogen) atoms. The minimum Gasteiger partial charge on any atom is -0.326 e. The first-order chi connectivity index (χ1) is 12.4. The van der Waals surface area contributed by atoms with E-state index in [4.69, 9.17) is 4.98 Å². The van der Waals surface area contributed by atoms with Crippen LogP contribution in [0.1, 0.15) is 48.4 Å². The maximum atomic E-state index is 12.3. The molecule has 0 radical (unpaired) electrons. The van der Waals surface area contributed by atoms with Crippen molar-refractivity contribution in [2.45, 2.75) is 32.1 Å². The van der Waals surface area contributed by atoms with Crippen molar-refractivity contribution in [1.29, 1.82) is 0 Å². The standard InChI is InChI=1S/C19H22N4O2S/c1-11(2)16-10-26-18(21-16)14-9-17(24)20-15-8-12(4-5-13(14)15)23-7-6-22(3)19(23)25/h4-5,8,10-11,14H,6-7,9H2,1-3H3,(H,20,24). The normalized spacial score (nSPS) is 19.9. The zero-order chi connectivity index (χ0) is 18.4. The molecule has 2 aliphatic rings. The second-order valence-corrected chi connectivity index (χ2v) is 8.09. The molecule has 1 unspecified atom stereocenters. The molecule has 2 aliphatic heterocycles. The molecule has 0 aliphatic carbocycles. The number of nitrogens with zero attached hydrogens (tertiary/aromatic N) is 3. The summed E-state index contributed by atoms with van der Waals surface area (Å²) in [5.41, 5.74) is 3.74. The van der Waals surface area contributed by atoms with Crippen molar-refractivity contribution >= 4 is 34.6 Å². The number of likely N-dealkylation sites (N-methyl/N-ethyl adjacent to an activating group) is 1. The Hall–Kier alpha value is -2.41. The highest BCUT2D eigenvalue weighted by molar-refractivity contribution is 7.09. The number of rotatable bonds is 3. The van der Waals surface area contributed by atoms with Crippen LogP contribution in [0.3, 0.4) is 0 Å². The number of hydrogen-bond donors (Lipinski definition) is 1. The van der Waals surface area contributed by atoms with Crippen LogP contribution in [0.2, 0.25) is 0 Å². The summed E-state index contributed by atoms with van der Waals surface area (Å²) in [6.07, 6.45) is 0.406. The molecule has 1 saturated heterocycles. The third-order valence-corrected chi connectivity index (χ3v) is 6.01. The monoisotopic (exact) mass is 370 g/mol. The van der Waals surface area contributed by atoms with Gasteiger partial charge in [-0.2, -0.15) is 0 Å². The van der Waals surface area contributed by atoms with E-state index in [0.717, 1.165) is 27.6 Å². The molecule has 1 aromatic carbocycles. The predicted molar refractivity (Wildman–Crippen MR) is 103 cm³/mol. The van der Waals surface area contributed by atoms with E-state index in [1.165, 1.54) is 0 Å². The van der Waals surface area contributed by atoms with E-state index in [0.29, 0.717) is 25.4 Å². The first-order valence-corrected chi connectivity index (χ1v) is 9.73. The quantitative estimate of drug-likeness (QED) is 0.897. The van der Waals surface area contributed by atoms with Crippen molar-refractivity contribution in [3.8, 4) is 0 Å². The number of benzene rings is 1. The predicted octanol–water partition coefficient (Wildman–Crippen LogP) is 3.61. The van der Waals surface area contributed by atoms with Gasteiger partial charge in [-0.3, -0.25) is 9.69 Å². The van der Waals surface area contributed by atoms with Crippen LogP contribution in [0.25, 0.3) is 0 Å². The molecule has 0 spiro atoms. The van der Waals surface area contributed by atoms with Crippen LogP contribution in [-0.2, 0) is 4.79 Å². The van der Waals surface area contributed by atoms with E-state index in [9.17, 15) is 9.59 Å². The number of nitrogens with one attached hydrogen (secondary N) is 1.